The summed E-state index contributed by atoms with van der Waals surface area (Å²) in [4.78, 5) is 23.7. The van der Waals surface area contributed by atoms with E-state index in [1.165, 1.54) is 13.2 Å². The fourth-order valence-corrected chi connectivity index (χ4v) is 2.16. The molecule has 2 rings (SSSR count). The SMILES string of the molecule is COC(=O)c1cccc(C(=O)Nc2cc(C)cc(C)c2)c1. The predicted molar refractivity (Wildman–Crippen MR) is 81.7 cm³/mol. The molecule has 0 unspecified atom stereocenters. The zero-order valence-corrected chi connectivity index (χ0v) is 12.3. The first-order valence-electron chi connectivity index (χ1n) is 6.57. The van der Waals surface area contributed by atoms with Crippen LogP contribution in [0.2, 0.25) is 0 Å². The molecule has 0 bridgehead atoms. The van der Waals surface area contributed by atoms with Crippen LogP contribution < -0.4 is 5.32 Å². The number of benzene rings is 2. The van der Waals surface area contributed by atoms with Gasteiger partial charge in [-0.3, -0.25) is 4.79 Å². The maximum absolute atomic E-state index is 12.2. The molecular formula is C17H17NO3. The Bertz CT molecular complexity index is 672. The number of anilines is 1. The fourth-order valence-electron chi connectivity index (χ4n) is 2.16. The Morgan fingerprint density at radius 1 is 0.952 bits per heavy atom. The van der Waals surface area contributed by atoms with Crippen LogP contribution in [0.15, 0.2) is 42.5 Å². The number of ether oxygens (including phenoxy) is 1. The Kier molecular flexibility index (Phi) is 4.38. The van der Waals surface area contributed by atoms with Crippen LogP contribution in [-0.4, -0.2) is 19.0 Å². The average Bonchev–Trinajstić information content (AvgIpc) is 2.45. The van der Waals surface area contributed by atoms with Crippen molar-refractivity contribution in [3.05, 3.63) is 64.7 Å². The van der Waals surface area contributed by atoms with Gasteiger partial charge in [0.25, 0.3) is 5.91 Å². The van der Waals surface area contributed by atoms with E-state index in [-0.39, 0.29) is 5.91 Å². The minimum atomic E-state index is -0.462. The molecule has 0 aliphatic heterocycles. The zero-order chi connectivity index (χ0) is 15.4. The molecule has 21 heavy (non-hydrogen) atoms. The maximum atomic E-state index is 12.2. The number of rotatable bonds is 3. The number of nitrogens with one attached hydrogen (secondary N) is 1. The molecule has 0 aliphatic rings. The van der Waals surface area contributed by atoms with E-state index in [9.17, 15) is 9.59 Å². The summed E-state index contributed by atoms with van der Waals surface area (Å²) in [5.74, 6) is -0.721. The van der Waals surface area contributed by atoms with Crippen LogP contribution in [-0.2, 0) is 4.74 Å². The van der Waals surface area contributed by atoms with Crippen LogP contribution in [0, 0.1) is 13.8 Å². The van der Waals surface area contributed by atoms with Gasteiger partial charge in [-0.1, -0.05) is 12.1 Å². The summed E-state index contributed by atoms with van der Waals surface area (Å²) in [6.45, 7) is 3.95. The first kappa shape index (κ1) is 14.8. The quantitative estimate of drug-likeness (QED) is 0.879. The number of methoxy groups -OCH3 is 1. The number of amides is 1. The van der Waals surface area contributed by atoms with Crippen molar-refractivity contribution < 1.29 is 14.3 Å². The van der Waals surface area contributed by atoms with Crippen molar-refractivity contribution >= 4 is 17.6 Å². The molecule has 0 spiro atoms. The van der Waals surface area contributed by atoms with Crippen LogP contribution in [0.1, 0.15) is 31.8 Å². The van der Waals surface area contributed by atoms with E-state index in [1.54, 1.807) is 18.2 Å². The lowest BCUT2D eigenvalue weighted by Crippen LogP contribution is -2.13. The largest absolute Gasteiger partial charge is 0.465 e. The first-order valence-corrected chi connectivity index (χ1v) is 6.57. The van der Waals surface area contributed by atoms with E-state index in [4.69, 9.17) is 0 Å². The van der Waals surface area contributed by atoms with E-state index in [2.05, 4.69) is 10.1 Å². The van der Waals surface area contributed by atoms with Crippen molar-refractivity contribution in [2.75, 3.05) is 12.4 Å². The van der Waals surface area contributed by atoms with Crippen LogP contribution in [0.3, 0.4) is 0 Å². The normalized spacial score (nSPS) is 10.0. The molecule has 108 valence electrons. The van der Waals surface area contributed by atoms with Crippen molar-refractivity contribution in [1.82, 2.24) is 0 Å². The molecule has 0 saturated heterocycles. The van der Waals surface area contributed by atoms with Gasteiger partial charge in [0.15, 0.2) is 0 Å². The molecule has 0 aromatic heterocycles. The maximum Gasteiger partial charge on any atom is 0.337 e. The minimum absolute atomic E-state index is 0.259. The molecule has 2 aromatic carbocycles. The van der Waals surface area contributed by atoms with Gasteiger partial charge < -0.3 is 10.1 Å². The lowest BCUT2D eigenvalue weighted by molar-refractivity contribution is 0.0600. The molecule has 1 N–H and O–H groups in total. The lowest BCUT2D eigenvalue weighted by atomic mass is 10.1. The van der Waals surface area contributed by atoms with Crippen molar-refractivity contribution in [3.63, 3.8) is 0 Å². The van der Waals surface area contributed by atoms with Gasteiger partial charge in [0.1, 0.15) is 0 Å². The molecule has 1 amide bonds. The summed E-state index contributed by atoms with van der Waals surface area (Å²) in [5, 5.41) is 2.83. The summed E-state index contributed by atoms with van der Waals surface area (Å²) in [6.07, 6.45) is 0. The van der Waals surface area contributed by atoms with Crippen LogP contribution in [0.4, 0.5) is 5.69 Å². The topological polar surface area (TPSA) is 55.4 Å². The Hall–Kier alpha value is -2.62. The third kappa shape index (κ3) is 3.69. The monoisotopic (exact) mass is 283 g/mol. The highest BCUT2D eigenvalue weighted by Gasteiger charge is 2.11. The Morgan fingerprint density at radius 3 is 2.19 bits per heavy atom. The van der Waals surface area contributed by atoms with Gasteiger partial charge in [-0.15, -0.1) is 0 Å². The molecular weight excluding hydrogens is 266 g/mol. The molecule has 2 aromatic rings. The summed E-state index contributed by atoms with van der Waals surface area (Å²) in [6, 6.07) is 12.3. The van der Waals surface area contributed by atoms with E-state index in [1.807, 2.05) is 32.0 Å². The minimum Gasteiger partial charge on any atom is -0.465 e. The Labute approximate surface area is 123 Å². The van der Waals surface area contributed by atoms with Crippen molar-refractivity contribution in [2.24, 2.45) is 0 Å². The molecule has 0 radical (unpaired) electrons. The molecule has 4 nitrogen and oxygen atoms in total. The molecule has 0 aliphatic carbocycles. The van der Waals surface area contributed by atoms with Gasteiger partial charge >= 0.3 is 5.97 Å². The third-order valence-electron chi connectivity index (χ3n) is 3.03. The lowest BCUT2D eigenvalue weighted by Gasteiger charge is -2.08. The van der Waals surface area contributed by atoms with Gasteiger partial charge in [-0.05, 0) is 55.3 Å². The van der Waals surface area contributed by atoms with Crippen molar-refractivity contribution in [3.8, 4) is 0 Å². The number of esters is 1. The van der Waals surface area contributed by atoms with Crippen molar-refractivity contribution in [2.45, 2.75) is 13.8 Å². The third-order valence-corrected chi connectivity index (χ3v) is 3.03. The predicted octanol–water partition coefficient (Wildman–Crippen LogP) is 3.34. The van der Waals surface area contributed by atoms with Gasteiger partial charge in [-0.2, -0.15) is 0 Å². The number of aryl methyl sites for hydroxylation is 2. The summed E-state index contributed by atoms with van der Waals surface area (Å²) in [5.41, 5.74) is 3.66. The molecule has 0 atom stereocenters. The summed E-state index contributed by atoms with van der Waals surface area (Å²) >= 11 is 0. The van der Waals surface area contributed by atoms with Gasteiger partial charge in [0.2, 0.25) is 0 Å². The molecule has 0 fully saturated rings. The summed E-state index contributed by atoms with van der Waals surface area (Å²) in [7, 11) is 1.31. The van der Waals surface area contributed by atoms with E-state index >= 15 is 0 Å². The first-order chi connectivity index (χ1) is 9.99. The number of carbonyl (C=O) groups excluding carboxylic acids is 2. The Balaban J connectivity index is 2.22. The highest BCUT2D eigenvalue weighted by atomic mass is 16.5. The van der Waals surface area contributed by atoms with E-state index in [0.29, 0.717) is 11.1 Å². The zero-order valence-electron chi connectivity index (χ0n) is 12.3. The highest BCUT2D eigenvalue weighted by Crippen LogP contribution is 2.15. The molecule has 4 heteroatoms. The Morgan fingerprint density at radius 2 is 1.57 bits per heavy atom. The second-order valence-corrected chi connectivity index (χ2v) is 4.90. The fraction of sp³-hybridized carbons (Fsp3) is 0.176. The number of hydrogen-bond acceptors (Lipinski definition) is 3. The van der Waals surface area contributed by atoms with E-state index in [0.717, 1.165) is 16.8 Å². The average molecular weight is 283 g/mol. The summed E-state index contributed by atoms with van der Waals surface area (Å²) < 4.78 is 4.65. The molecule has 0 saturated carbocycles. The van der Waals surface area contributed by atoms with Crippen LogP contribution in [0.5, 0.6) is 0 Å². The number of carbonyl (C=O) groups is 2. The van der Waals surface area contributed by atoms with Crippen molar-refractivity contribution in [1.29, 1.82) is 0 Å². The van der Waals surface area contributed by atoms with Gasteiger partial charge in [-0.25, -0.2) is 4.79 Å². The van der Waals surface area contributed by atoms with Gasteiger partial charge in [0, 0.05) is 11.3 Å². The van der Waals surface area contributed by atoms with Crippen LogP contribution in [0.25, 0.3) is 0 Å². The van der Waals surface area contributed by atoms with E-state index < -0.39 is 5.97 Å². The van der Waals surface area contributed by atoms with Gasteiger partial charge in [0.05, 0.1) is 12.7 Å². The second kappa shape index (κ2) is 6.22. The van der Waals surface area contributed by atoms with Crippen LogP contribution >= 0.6 is 0 Å². The molecule has 0 heterocycles. The second-order valence-electron chi connectivity index (χ2n) is 4.90. The standard InChI is InChI=1S/C17H17NO3/c1-11-7-12(2)9-15(8-11)18-16(19)13-5-4-6-14(10-13)17(20)21-3/h4-10H,1-3H3,(H,18,19). The number of hydrogen-bond donors (Lipinski definition) is 1. The highest BCUT2D eigenvalue weighted by molar-refractivity contribution is 6.05. The smallest absolute Gasteiger partial charge is 0.337 e.